The van der Waals surface area contributed by atoms with E-state index in [9.17, 15) is 18.4 Å². The predicted molar refractivity (Wildman–Crippen MR) is 93.9 cm³/mol. The summed E-state index contributed by atoms with van der Waals surface area (Å²) in [4.78, 5) is 26.8. The summed E-state index contributed by atoms with van der Waals surface area (Å²) >= 11 is 1.37. The molecule has 10 heteroatoms. The number of thiophene rings is 1. The van der Waals surface area contributed by atoms with Crippen LogP contribution in [0.2, 0.25) is 0 Å². The molecule has 0 radical (unpaired) electrons. The van der Waals surface area contributed by atoms with E-state index >= 15 is 0 Å². The van der Waals surface area contributed by atoms with Gasteiger partial charge in [0.25, 0.3) is 5.91 Å². The van der Waals surface area contributed by atoms with E-state index in [4.69, 9.17) is 0 Å². The zero-order valence-corrected chi connectivity index (χ0v) is 14.9. The fourth-order valence-electron chi connectivity index (χ4n) is 3.20. The van der Waals surface area contributed by atoms with Gasteiger partial charge in [0.2, 0.25) is 0 Å². The van der Waals surface area contributed by atoms with Crippen molar-refractivity contribution >= 4 is 17.2 Å². The Morgan fingerprint density at radius 3 is 2.81 bits per heavy atom. The predicted octanol–water partition coefficient (Wildman–Crippen LogP) is 2.07. The smallest absolute Gasteiger partial charge is 0.334 e. The molecule has 4 rings (SSSR count). The van der Waals surface area contributed by atoms with Crippen molar-refractivity contribution in [1.82, 2.24) is 24.7 Å². The number of likely N-dealkylation sites (tertiary alicyclic amines) is 1. The van der Waals surface area contributed by atoms with Crippen LogP contribution in [-0.2, 0) is 6.54 Å². The van der Waals surface area contributed by atoms with Crippen molar-refractivity contribution in [1.29, 1.82) is 0 Å². The van der Waals surface area contributed by atoms with Crippen molar-refractivity contribution in [3.8, 4) is 5.00 Å². The molecule has 1 aromatic carbocycles. The molecule has 3 heterocycles. The van der Waals surface area contributed by atoms with Gasteiger partial charge in [0.15, 0.2) is 11.6 Å². The molecule has 2 aromatic heterocycles. The van der Waals surface area contributed by atoms with E-state index in [1.165, 1.54) is 26.8 Å². The van der Waals surface area contributed by atoms with Gasteiger partial charge in [0, 0.05) is 12.1 Å². The van der Waals surface area contributed by atoms with Gasteiger partial charge in [-0.05, 0) is 59.0 Å². The Kier molecular flexibility index (Phi) is 4.56. The lowest BCUT2D eigenvalue weighted by Gasteiger charge is -2.24. The maximum atomic E-state index is 13.4. The average molecular weight is 391 g/mol. The minimum absolute atomic E-state index is 0.0791. The third-order valence-electron chi connectivity index (χ3n) is 4.54. The van der Waals surface area contributed by atoms with Crippen LogP contribution in [-0.4, -0.2) is 43.2 Å². The topological polar surface area (TPSA) is 73.0 Å². The molecule has 1 saturated heterocycles. The normalized spacial score (nSPS) is 16.8. The summed E-state index contributed by atoms with van der Waals surface area (Å²) in [6.45, 7) is 0.677. The highest BCUT2D eigenvalue weighted by molar-refractivity contribution is 7.12. The SMILES string of the molecule is O=C(c1ccc(F)c(F)c1)N1CCC[C@@H]1Cn1nnn(-c2cccs2)c1=O. The molecular formula is C17H15F2N5O2S. The summed E-state index contributed by atoms with van der Waals surface area (Å²) in [7, 11) is 0. The molecular weight excluding hydrogens is 376 g/mol. The van der Waals surface area contributed by atoms with E-state index in [1.807, 2.05) is 11.4 Å². The molecule has 0 bridgehead atoms. The molecule has 140 valence electrons. The highest BCUT2D eigenvalue weighted by atomic mass is 32.1. The Morgan fingerprint density at radius 1 is 1.22 bits per heavy atom. The van der Waals surface area contributed by atoms with Gasteiger partial charge in [-0.2, -0.15) is 9.36 Å². The summed E-state index contributed by atoms with van der Waals surface area (Å²) in [5, 5.41) is 10.3. The van der Waals surface area contributed by atoms with Crippen molar-refractivity contribution in [3.63, 3.8) is 0 Å². The first-order valence-corrected chi connectivity index (χ1v) is 9.25. The van der Waals surface area contributed by atoms with E-state index in [1.54, 1.807) is 11.0 Å². The molecule has 0 spiro atoms. The molecule has 1 atom stereocenters. The summed E-state index contributed by atoms with van der Waals surface area (Å²) in [5.41, 5.74) is -0.306. The number of hydrogen-bond acceptors (Lipinski definition) is 5. The molecule has 27 heavy (non-hydrogen) atoms. The van der Waals surface area contributed by atoms with Crippen molar-refractivity contribution < 1.29 is 13.6 Å². The van der Waals surface area contributed by atoms with Gasteiger partial charge in [0.05, 0.1) is 12.6 Å². The number of hydrogen-bond donors (Lipinski definition) is 0. The molecule has 0 saturated carbocycles. The van der Waals surface area contributed by atoms with Crippen LogP contribution in [0.25, 0.3) is 5.00 Å². The van der Waals surface area contributed by atoms with Crippen LogP contribution in [0.5, 0.6) is 0 Å². The van der Waals surface area contributed by atoms with Gasteiger partial charge in [-0.3, -0.25) is 4.79 Å². The first-order valence-electron chi connectivity index (χ1n) is 8.37. The standard InChI is InChI=1S/C17H15F2N5O2S/c18-13-6-5-11(9-14(13)19)16(25)22-7-1-3-12(22)10-23-17(26)24(21-20-23)15-4-2-8-27-15/h2,4-6,8-9,12H,1,3,7,10H2/t12-/m1/s1. The molecule has 0 N–H and O–H groups in total. The zero-order chi connectivity index (χ0) is 19.0. The van der Waals surface area contributed by atoms with E-state index in [0.717, 1.165) is 18.6 Å². The molecule has 1 amide bonds. The summed E-state index contributed by atoms with van der Waals surface area (Å²) in [5.74, 6) is -2.46. The summed E-state index contributed by atoms with van der Waals surface area (Å²) in [6, 6.07) is 6.40. The van der Waals surface area contributed by atoms with Gasteiger partial charge in [0.1, 0.15) is 5.00 Å². The number of carbonyl (C=O) groups excluding carboxylic acids is 1. The largest absolute Gasteiger partial charge is 0.369 e. The van der Waals surface area contributed by atoms with Gasteiger partial charge >= 0.3 is 5.69 Å². The molecule has 0 aliphatic carbocycles. The first kappa shape index (κ1) is 17.5. The Hall–Kier alpha value is -2.88. The monoisotopic (exact) mass is 391 g/mol. The number of amides is 1. The van der Waals surface area contributed by atoms with Crippen LogP contribution in [0.3, 0.4) is 0 Å². The van der Waals surface area contributed by atoms with Crippen molar-refractivity contribution in [3.05, 3.63) is 63.4 Å². The Labute approximate surface area is 156 Å². The fourth-order valence-corrected chi connectivity index (χ4v) is 3.87. The molecule has 1 aliphatic heterocycles. The van der Waals surface area contributed by atoms with E-state index in [2.05, 4.69) is 10.4 Å². The number of rotatable bonds is 4. The molecule has 1 fully saturated rings. The van der Waals surface area contributed by atoms with Gasteiger partial charge in [-0.15, -0.1) is 11.3 Å². The maximum absolute atomic E-state index is 13.4. The van der Waals surface area contributed by atoms with Crippen molar-refractivity contribution in [2.24, 2.45) is 0 Å². The Bertz CT molecular complexity index is 1030. The van der Waals surface area contributed by atoms with Gasteiger partial charge in [-0.25, -0.2) is 13.6 Å². The van der Waals surface area contributed by atoms with Crippen molar-refractivity contribution in [2.45, 2.75) is 25.4 Å². The van der Waals surface area contributed by atoms with Crippen LogP contribution in [0, 0.1) is 11.6 Å². The van der Waals surface area contributed by atoms with Gasteiger partial charge in [-0.1, -0.05) is 0 Å². The van der Waals surface area contributed by atoms with E-state index in [-0.39, 0.29) is 23.8 Å². The number of aromatic nitrogens is 4. The Morgan fingerprint density at radius 2 is 2.07 bits per heavy atom. The lowest BCUT2D eigenvalue weighted by atomic mass is 10.1. The molecule has 3 aromatic rings. The maximum Gasteiger partial charge on any atom is 0.369 e. The van der Waals surface area contributed by atoms with Crippen LogP contribution in [0.1, 0.15) is 23.2 Å². The average Bonchev–Trinajstić information content (AvgIpc) is 3.39. The highest BCUT2D eigenvalue weighted by Crippen LogP contribution is 2.22. The number of halogens is 2. The molecule has 7 nitrogen and oxygen atoms in total. The molecule has 0 unspecified atom stereocenters. The minimum atomic E-state index is -1.06. The van der Waals surface area contributed by atoms with Crippen LogP contribution >= 0.6 is 11.3 Å². The number of nitrogens with zero attached hydrogens (tertiary/aromatic N) is 5. The minimum Gasteiger partial charge on any atom is -0.334 e. The highest BCUT2D eigenvalue weighted by Gasteiger charge is 2.31. The van der Waals surface area contributed by atoms with Crippen molar-refractivity contribution in [2.75, 3.05) is 6.54 Å². The number of benzene rings is 1. The third-order valence-corrected chi connectivity index (χ3v) is 5.39. The lowest BCUT2D eigenvalue weighted by Crippen LogP contribution is -2.40. The summed E-state index contributed by atoms with van der Waals surface area (Å²) in [6.07, 6.45) is 1.45. The van der Waals surface area contributed by atoms with Crippen LogP contribution in [0.15, 0.2) is 40.5 Å². The second-order valence-electron chi connectivity index (χ2n) is 6.23. The lowest BCUT2D eigenvalue weighted by molar-refractivity contribution is 0.0719. The van der Waals surface area contributed by atoms with E-state index in [0.29, 0.717) is 18.0 Å². The van der Waals surface area contributed by atoms with E-state index < -0.39 is 17.5 Å². The number of carbonyl (C=O) groups is 1. The van der Waals surface area contributed by atoms with Crippen LogP contribution in [0.4, 0.5) is 8.78 Å². The second kappa shape index (κ2) is 7.03. The third kappa shape index (κ3) is 3.27. The second-order valence-corrected chi connectivity index (χ2v) is 7.16. The quantitative estimate of drug-likeness (QED) is 0.683. The summed E-state index contributed by atoms with van der Waals surface area (Å²) < 4.78 is 29.0. The zero-order valence-electron chi connectivity index (χ0n) is 14.1. The van der Waals surface area contributed by atoms with Gasteiger partial charge < -0.3 is 4.90 Å². The number of tetrazole rings is 1. The van der Waals surface area contributed by atoms with Crippen LogP contribution < -0.4 is 5.69 Å². The fraction of sp³-hybridized carbons (Fsp3) is 0.294. The first-order chi connectivity index (χ1) is 13.0. The molecule has 1 aliphatic rings. The Balaban J connectivity index is 1.55.